The molecule has 1 aromatic rings. The minimum absolute atomic E-state index is 0.125. The number of thioether (sulfide) groups is 1. The van der Waals surface area contributed by atoms with Gasteiger partial charge in [-0.2, -0.15) is 0 Å². The van der Waals surface area contributed by atoms with Crippen LogP contribution in [-0.4, -0.2) is 18.6 Å². The first-order valence-electron chi connectivity index (χ1n) is 4.58. The first-order valence-corrected chi connectivity index (χ1v) is 5.56. The minimum atomic E-state index is 0.125. The van der Waals surface area contributed by atoms with Crippen molar-refractivity contribution in [1.29, 1.82) is 0 Å². The van der Waals surface area contributed by atoms with Crippen molar-refractivity contribution in [3.05, 3.63) is 23.8 Å². The fourth-order valence-corrected chi connectivity index (χ4v) is 2.75. The lowest BCUT2D eigenvalue weighted by Gasteiger charge is -2.21. The van der Waals surface area contributed by atoms with Crippen LogP contribution in [0.1, 0.15) is 17.3 Å². The molecular weight excluding hydrogens is 196 g/mol. The third-order valence-electron chi connectivity index (χ3n) is 2.39. The molecule has 1 heterocycles. The van der Waals surface area contributed by atoms with E-state index in [4.69, 9.17) is 4.74 Å². The Morgan fingerprint density at radius 2 is 2.29 bits per heavy atom. The van der Waals surface area contributed by atoms with Crippen LogP contribution in [0.3, 0.4) is 0 Å². The standard InChI is InChI=1S/C11H12O2S/c1-7-6-14-11-8(10(7)12)4-3-5-9(11)13-2/h3-5,7H,6H2,1-2H3. The molecule has 0 N–H and O–H groups in total. The molecule has 14 heavy (non-hydrogen) atoms. The number of ether oxygens (including phenoxy) is 1. The largest absolute Gasteiger partial charge is 0.496 e. The van der Waals surface area contributed by atoms with E-state index < -0.39 is 0 Å². The normalized spacial score (nSPS) is 20.4. The van der Waals surface area contributed by atoms with Gasteiger partial charge in [0.05, 0.1) is 12.0 Å². The van der Waals surface area contributed by atoms with Gasteiger partial charge in [-0.05, 0) is 12.1 Å². The van der Waals surface area contributed by atoms with Crippen LogP contribution in [0.15, 0.2) is 23.1 Å². The van der Waals surface area contributed by atoms with Crippen molar-refractivity contribution in [3.63, 3.8) is 0 Å². The molecule has 1 aliphatic heterocycles. The summed E-state index contributed by atoms with van der Waals surface area (Å²) in [6, 6.07) is 5.64. The highest BCUT2D eigenvalue weighted by Gasteiger charge is 2.26. The highest BCUT2D eigenvalue weighted by molar-refractivity contribution is 7.99. The molecule has 0 aromatic heterocycles. The van der Waals surface area contributed by atoms with Gasteiger partial charge in [0.2, 0.25) is 0 Å². The fraction of sp³-hybridized carbons (Fsp3) is 0.364. The summed E-state index contributed by atoms with van der Waals surface area (Å²) in [5.74, 6) is 2.02. The summed E-state index contributed by atoms with van der Waals surface area (Å²) in [4.78, 5) is 12.8. The van der Waals surface area contributed by atoms with Crippen molar-refractivity contribution in [2.75, 3.05) is 12.9 Å². The number of carbonyl (C=O) groups is 1. The van der Waals surface area contributed by atoms with E-state index in [1.54, 1.807) is 18.9 Å². The molecule has 2 rings (SSSR count). The van der Waals surface area contributed by atoms with E-state index >= 15 is 0 Å². The summed E-state index contributed by atoms with van der Waals surface area (Å²) in [6.07, 6.45) is 0. The zero-order chi connectivity index (χ0) is 10.1. The Morgan fingerprint density at radius 1 is 1.50 bits per heavy atom. The van der Waals surface area contributed by atoms with Crippen molar-refractivity contribution < 1.29 is 9.53 Å². The van der Waals surface area contributed by atoms with Crippen LogP contribution in [-0.2, 0) is 0 Å². The van der Waals surface area contributed by atoms with Crippen LogP contribution in [0.2, 0.25) is 0 Å². The van der Waals surface area contributed by atoms with Gasteiger partial charge in [-0.15, -0.1) is 11.8 Å². The smallest absolute Gasteiger partial charge is 0.167 e. The van der Waals surface area contributed by atoms with Crippen LogP contribution in [0.25, 0.3) is 0 Å². The molecule has 0 aliphatic carbocycles. The van der Waals surface area contributed by atoms with Crippen molar-refractivity contribution in [1.82, 2.24) is 0 Å². The van der Waals surface area contributed by atoms with E-state index in [0.717, 1.165) is 22.0 Å². The van der Waals surface area contributed by atoms with E-state index in [0.29, 0.717) is 0 Å². The van der Waals surface area contributed by atoms with Gasteiger partial charge >= 0.3 is 0 Å². The van der Waals surface area contributed by atoms with Gasteiger partial charge in [0.15, 0.2) is 5.78 Å². The van der Waals surface area contributed by atoms with Gasteiger partial charge in [0.25, 0.3) is 0 Å². The highest BCUT2D eigenvalue weighted by atomic mass is 32.2. The average Bonchev–Trinajstić information content (AvgIpc) is 2.23. The second kappa shape index (κ2) is 3.65. The minimum Gasteiger partial charge on any atom is -0.496 e. The Morgan fingerprint density at radius 3 is 3.00 bits per heavy atom. The molecule has 0 amide bonds. The lowest BCUT2D eigenvalue weighted by Crippen LogP contribution is -2.19. The zero-order valence-corrected chi connectivity index (χ0v) is 9.06. The molecule has 1 atom stereocenters. The van der Waals surface area contributed by atoms with Gasteiger partial charge in [0, 0.05) is 17.2 Å². The van der Waals surface area contributed by atoms with Crippen LogP contribution < -0.4 is 4.74 Å². The van der Waals surface area contributed by atoms with Gasteiger partial charge in [0.1, 0.15) is 5.75 Å². The zero-order valence-electron chi connectivity index (χ0n) is 8.24. The molecule has 3 heteroatoms. The summed E-state index contributed by atoms with van der Waals surface area (Å²) in [5, 5.41) is 0. The summed E-state index contributed by atoms with van der Waals surface area (Å²) in [7, 11) is 1.64. The maximum Gasteiger partial charge on any atom is 0.167 e. The predicted molar refractivity (Wildman–Crippen MR) is 57.2 cm³/mol. The van der Waals surface area contributed by atoms with Gasteiger partial charge < -0.3 is 4.74 Å². The lowest BCUT2D eigenvalue weighted by atomic mass is 10.00. The second-order valence-corrected chi connectivity index (χ2v) is 4.44. The third-order valence-corrected chi connectivity index (χ3v) is 3.77. The number of benzene rings is 1. The van der Waals surface area contributed by atoms with E-state index in [9.17, 15) is 4.79 Å². The summed E-state index contributed by atoms with van der Waals surface area (Å²) in [5.41, 5.74) is 0.813. The van der Waals surface area contributed by atoms with Crippen LogP contribution in [0.4, 0.5) is 0 Å². The first kappa shape index (κ1) is 9.59. The summed E-state index contributed by atoms with van der Waals surface area (Å²) in [6.45, 7) is 1.97. The Labute approximate surface area is 87.6 Å². The summed E-state index contributed by atoms with van der Waals surface area (Å²) < 4.78 is 5.22. The molecule has 0 saturated carbocycles. The SMILES string of the molecule is COc1cccc2c1SCC(C)C2=O. The maximum atomic E-state index is 11.8. The number of fused-ring (bicyclic) bond motifs is 1. The highest BCUT2D eigenvalue weighted by Crippen LogP contribution is 2.38. The first-order chi connectivity index (χ1) is 6.74. The third kappa shape index (κ3) is 1.42. The lowest BCUT2D eigenvalue weighted by molar-refractivity contribution is 0.0935. The van der Waals surface area contributed by atoms with E-state index in [2.05, 4.69) is 0 Å². The number of carbonyl (C=O) groups excluding carboxylic acids is 1. The van der Waals surface area contributed by atoms with Crippen molar-refractivity contribution in [2.24, 2.45) is 5.92 Å². The molecule has 0 fully saturated rings. The van der Waals surface area contributed by atoms with Gasteiger partial charge in [-0.1, -0.05) is 13.0 Å². The molecule has 1 unspecified atom stereocenters. The molecule has 2 nitrogen and oxygen atoms in total. The Kier molecular flexibility index (Phi) is 2.50. The van der Waals surface area contributed by atoms with Crippen LogP contribution in [0.5, 0.6) is 5.75 Å². The van der Waals surface area contributed by atoms with Crippen LogP contribution in [0, 0.1) is 5.92 Å². The quantitative estimate of drug-likeness (QED) is 0.709. The summed E-state index contributed by atoms with van der Waals surface area (Å²) >= 11 is 1.71. The number of rotatable bonds is 1. The number of ketones is 1. The topological polar surface area (TPSA) is 26.3 Å². The van der Waals surface area contributed by atoms with Crippen molar-refractivity contribution >= 4 is 17.5 Å². The maximum absolute atomic E-state index is 11.8. The number of hydrogen-bond donors (Lipinski definition) is 0. The molecule has 1 aliphatic rings. The van der Waals surface area contributed by atoms with Crippen molar-refractivity contribution in [3.8, 4) is 5.75 Å². The Hall–Kier alpha value is -0.960. The van der Waals surface area contributed by atoms with Crippen LogP contribution >= 0.6 is 11.8 Å². The molecule has 0 bridgehead atoms. The second-order valence-electron chi connectivity index (χ2n) is 3.41. The number of hydrogen-bond acceptors (Lipinski definition) is 3. The Bertz CT molecular complexity index is 374. The van der Waals surface area contributed by atoms with E-state index in [1.165, 1.54) is 0 Å². The number of methoxy groups -OCH3 is 1. The van der Waals surface area contributed by atoms with Gasteiger partial charge in [-0.3, -0.25) is 4.79 Å². The fourth-order valence-electron chi connectivity index (χ4n) is 1.57. The van der Waals surface area contributed by atoms with E-state index in [1.807, 2.05) is 25.1 Å². The Balaban J connectivity index is 2.52. The molecule has 74 valence electrons. The molecular formula is C11H12O2S. The average molecular weight is 208 g/mol. The van der Waals surface area contributed by atoms with Gasteiger partial charge in [-0.25, -0.2) is 0 Å². The molecule has 1 aromatic carbocycles. The monoisotopic (exact) mass is 208 g/mol. The van der Waals surface area contributed by atoms with Crippen molar-refractivity contribution in [2.45, 2.75) is 11.8 Å². The van der Waals surface area contributed by atoms with E-state index in [-0.39, 0.29) is 11.7 Å². The molecule has 0 saturated heterocycles. The molecule has 0 spiro atoms. The molecule has 0 radical (unpaired) electrons. The predicted octanol–water partition coefficient (Wildman–Crippen LogP) is 2.62. The number of Topliss-reactive ketones (excluding diaryl/α,β-unsaturated/α-hetero) is 1.